The van der Waals surface area contributed by atoms with Gasteiger partial charge in [0.25, 0.3) is 0 Å². The van der Waals surface area contributed by atoms with Crippen molar-refractivity contribution in [2.45, 2.75) is 52.9 Å². The second-order valence-corrected chi connectivity index (χ2v) is 7.77. The number of aryl methyl sites for hydroxylation is 1. The smallest absolute Gasteiger partial charge is 0.222 e. The highest BCUT2D eigenvalue weighted by Crippen LogP contribution is 2.26. The monoisotopic (exact) mass is 398 g/mol. The Morgan fingerprint density at radius 3 is 2.52 bits per heavy atom. The largest absolute Gasteiger partial charge is 0.353 e. The summed E-state index contributed by atoms with van der Waals surface area (Å²) in [5, 5.41) is 0. The van der Waals surface area contributed by atoms with Gasteiger partial charge in [0, 0.05) is 49.4 Å². The lowest BCUT2D eigenvalue weighted by Crippen LogP contribution is -2.49. The number of halogens is 1. The standard InChI is InChI=1S/C23H31FN4O/c1-4-5-6-7-11-21(29)27-12-14-28(15-13-27)23-17(2)18(3)25-22(26-23)19-9-8-10-20(24)16-19/h8-10,16H,4-7,11-15H2,1-3H3. The van der Waals surface area contributed by atoms with Crippen LogP contribution in [-0.2, 0) is 4.79 Å². The van der Waals surface area contributed by atoms with Gasteiger partial charge in [0.1, 0.15) is 11.6 Å². The fraction of sp³-hybridized carbons (Fsp3) is 0.522. The van der Waals surface area contributed by atoms with Gasteiger partial charge < -0.3 is 9.80 Å². The molecule has 1 amide bonds. The highest BCUT2D eigenvalue weighted by molar-refractivity contribution is 5.76. The molecule has 0 bridgehead atoms. The Kier molecular flexibility index (Phi) is 7.18. The third kappa shape index (κ3) is 5.31. The second kappa shape index (κ2) is 9.81. The van der Waals surface area contributed by atoms with E-state index in [2.05, 4.69) is 16.8 Å². The molecule has 0 saturated carbocycles. The summed E-state index contributed by atoms with van der Waals surface area (Å²) in [4.78, 5) is 25.9. The van der Waals surface area contributed by atoms with Crippen LogP contribution in [0.2, 0.25) is 0 Å². The fourth-order valence-corrected chi connectivity index (χ4v) is 3.71. The lowest BCUT2D eigenvalue weighted by molar-refractivity contribution is -0.131. The van der Waals surface area contributed by atoms with Crippen molar-refractivity contribution in [2.75, 3.05) is 31.1 Å². The zero-order valence-electron chi connectivity index (χ0n) is 17.7. The molecule has 0 radical (unpaired) electrons. The van der Waals surface area contributed by atoms with Crippen LogP contribution in [-0.4, -0.2) is 47.0 Å². The molecule has 0 unspecified atom stereocenters. The number of aromatic nitrogens is 2. The van der Waals surface area contributed by atoms with Crippen molar-refractivity contribution in [3.63, 3.8) is 0 Å². The first-order valence-electron chi connectivity index (χ1n) is 10.6. The Hall–Kier alpha value is -2.50. The molecule has 1 fully saturated rings. The van der Waals surface area contributed by atoms with Gasteiger partial charge >= 0.3 is 0 Å². The maximum Gasteiger partial charge on any atom is 0.222 e. The van der Waals surface area contributed by atoms with E-state index in [0.29, 0.717) is 30.9 Å². The Balaban J connectivity index is 1.68. The topological polar surface area (TPSA) is 49.3 Å². The molecule has 0 atom stereocenters. The average molecular weight is 399 g/mol. The van der Waals surface area contributed by atoms with Gasteiger partial charge in [0.2, 0.25) is 5.91 Å². The fourth-order valence-electron chi connectivity index (χ4n) is 3.71. The van der Waals surface area contributed by atoms with Gasteiger partial charge in [-0.3, -0.25) is 4.79 Å². The maximum atomic E-state index is 13.6. The number of carbonyl (C=O) groups is 1. The van der Waals surface area contributed by atoms with Crippen LogP contribution in [0.25, 0.3) is 11.4 Å². The van der Waals surface area contributed by atoms with Crippen LogP contribution in [0.3, 0.4) is 0 Å². The molecule has 2 aromatic rings. The number of nitrogens with zero attached hydrogens (tertiary/aromatic N) is 4. The predicted molar refractivity (Wildman–Crippen MR) is 114 cm³/mol. The first kappa shape index (κ1) is 21.2. The average Bonchev–Trinajstić information content (AvgIpc) is 2.73. The van der Waals surface area contributed by atoms with Crippen LogP contribution in [0.4, 0.5) is 10.2 Å². The second-order valence-electron chi connectivity index (χ2n) is 7.77. The molecule has 1 saturated heterocycles. The van der Waals surface area contributed by atoms with Gasteiger partial charge in [0.15, 0.2) is 5.82 Å². The summed E-state index contributed by atoms with van der Waals surface area (Å²) in [7, 11) is 0. The van der Waals surface area contributed by atoms with Crippen molar-refractivity contribution in [3.05, 3.63) is 41.3 Å². The molecule has 1 aromatic heterocycles. The van der Waals surface area contributed by atoms with Gasteiger partial charge in [-0.2, -0.15) is 0 Å². The Morgan fingerprint density at radius 2 is 1.83 bits per heavy atom. The summed E-state index contributed by atoms with van der Waals surface area (Å²) >= 11 is 0. The molecule has 1 aromatic carbocycles. The van der Waals surface area contributed by atoms with E-state index >= 15 is 0 Å². The van der Waals surface area contributed by atoms with E-state index in [0.717, 1.165) is 43.0 Å². The summed E-state index contributed by atoms with van der Waals surface area (Å²) in [5.41, 5.74) is 2.60. The first-order valence-corrected chi connectivity index (χ1v) is 10.6. The van der Waals surface area contributed by atoms with E-state index < -0.39 is 0 Å². The van der Waals surface area contributed by atoms with E-state index in [1.807, 2.05) is 24.8 Å². The summed E-state index contributed by atoms with van der Waals surface area (Å²) in [6.45, 7) is 9.08. The van der Waals surface area contributed by atoms with Crippen molar-refractivity contribution >= 4 is 11.7 Å². The van der Waals surface area contributed by atoms with E-state index in [9.17, 15) is 9.18 Å². The summed E-state index contributed by atoms with van der Waals surface area (Å²) in [6.07, 6.45) is 5.14. The SMILES string of the molecule is CCCCCCC(=O)N1CCN(c2nc(-c3cccc(F)c3)nc(C)c2C)CC1. The first-order chi connectivity index (χ1) is 14.0. The molecule has 3 rings (SSSR count). The molecule has 1 aliphatic heterocycles. The highest BCUT2D eigenvalue weighted by Gasteiger charge is 2.24. The number of amides is 1. The zero-order chi connectivity index (χ0) is 20.8. The van der Waals surface area contributed by atoms with Crippen LogP contribution >= 0.6 is 0 Å². The maximum absolute atomic E-state index is 13.6. The van der Waals surface area contributed by atoms with E-state index in [-0.39, 0.29) is 11.7 Å². The molecule has 5 nitrogen and oxygen atoms in total. The molecule has 0 aliphatic carbocycles. The molecule has 156 valence electrons. The normalized spacial score (nSPS) is 14.3. The number of carbonyl (C=O) groups excluding carboxylic acids is 1. The summed E-state index contributed by atoms with van der Waals surface area (Å²) in [6, 6.07) is 6.38. The number of hydrogen-bond donors (Lipinski definition) is 0. The van der Waals surface area contributed by atoms with Crippen LogP contribution in [0.1, 0.15) is 50.3 Å². The number of rotatable bonds is 7. The Morgan fingerprint density at radius 1 is 1.07 bits per heavy atom. The van der Waals surface area contributed by atoms with Crippen molar-refractivity contribution in [3.8, 4) is 11.4 Å². The van der Waals surface area contributed by atoms with Crippen molar-refractivity contribution < 1.29 is 9.18 Å². The molecule has 0 spiro atoms. The predicted octanol–water partition coefficient (Wildman–Crippen LogP) is 4.52. The molecule has 6 heteroatoms. The number of hydrogen-bond acceptors (Lipinski definition) is 4. The van der Waals surface area contributed by atoms with Crippen molar-refractivity contribution in [1.29, 1.82) is 0 Å². The molecular weight excluding hydrogens is 367 g/mol. The number of unbranched alkanes of at least 4 members (excludes halogenated alkanes) is 3. The lowest BCUT2D eigenvalue weighted by atomic mass is 10.1. The third-order valence-electron chi connectivity index (χ3n) is 5.62. The Bertz CT molecular complexity index is 847. The molecule has 1 aliphatic rings. The number of piperazine rings is 1. The highest BCUT2D eigenvalue weighted by atomic mass is 19.1. The minimum Gasteiger partial charge on any atom is -0.353 e. The van der Waals surface area contributed by atoms with E-state index in [4.69, 9.17) is 4.98 Å². The van der Waals surface area contributed by atoms with Gasteiger partial charge in [-0.25, -0.2) is 14.4 Å². The quantitative estimate of drug-likeness (QED) is 0.644. The van der Waals surface area contributed by atoms with Crippen molar-refractivity contribution in [1.82, 2.24) is 14.9 Å². The molecular formula is C23H31FN4O. The minimum absolute atomic E-state index is 0.261. The van der Waals surface area contributed by atoms with Crippen LogP contribution in [0, 0.1) is 19.7 Å². The van der Waals surface area contributed by atoms with E-state index in [1.54, 1.807) is 6.07 Å². The number of anilines is 1. The van der Waals surface area contributed by atoms with Crippen LogP contribution < -0.4 is 4.90 Å². The third-order valence-corrected chi connectivity index (χ3v) is 5.62. The summed E-state index contributed by atoms with van der Waals surface area (Å²) < 4.78 is 13.6. The van der Waals surface area contributed by atoms with Crippen LogP contribution in [0.5, 0.6) is 0 Å². The summed E-state index contributed by atoms with van der Waals surface area (Å²) in [5.74, 6) is 1.39. The van der Waals surface area contributed by atoms with Gasteiger partial charge in [0.05, 0.1) is 0 Å². The zero-order valence-corrected chi connectivity index (χ0v) is 17.7. The molecule has 0 N–H and O–H groups in total. The van der Waals surface area contributed by atoms with Crippen molar-refractivity contribution in [2.24, 2.45) is 0 Å². The minimum atomic E-state index is -0.294. The van der Waals surface area contributed by atoms with Crippen LogP contribution in [0.15, 0.2) is 24.3 Å². The van der Waals surface area contributed by atoms with E-state index in [1.165, 1.54) is 25.0 Å². The molecule has 2 heterocycles. The molecule has 29 heavy (non-hydrogen) atoms. The van der Waals surface area contributed by atoms with Gasteiger partial charge in [-0.05, 0) is 32.4 Å². The lowest BCUT2D eigenvalue weighted by Gasteiger charge is -2.36. The Labute approximate surface area is 173 Å². The van der Waals surface area contributed by atoms with Gasteiger partial charge in [-0.1, -0.05) is 38.3 Å². The number of benzene rings is 1. The van der Waals surface area contributed by atoms with Gasteiger partial charge in [-0.15, -0.1) is 0 Å².